The lowest BCUT2D eigenvalue weighted by molar-refractivity contribution is 0.0948. The molecule has 1 aromatic carbocycles. The van der Waals surface area contributed by atoms with Crippen LogP contribution in [0.4, 0.5) is 0 Å². The van der Waals surface area contributed by atoms with Crippen molar-refractivity contribution < 1.29 is 13.9 Å². The Morgan fingerprint density at radius 2 is 2.03 bits per heavy atom. The fraction of sp³-hybridized carbons (Fsp3) is 0.190. The third-order valence-electron chi connectivity index (χ3n) is 4.73. The molecule has 0 aliphatic carbocycles. The number of aromatic nitrogens is 4. The zero-order valence-electron chi connectivity index (χ0n) is 16.9. The van der Waals surface area contributed by atoms with E-state index < -0.39 is 11.5 Å². The Hall–Kier alpha value is -4.21. The second-order valence-corrected chi connectivity index (χ2v) is 6.69. The van der Waals surface area contributed by atoms with Crippen LogP contribution < -0.4 is 21.4 Å². The van der Waals surface area contributed by atoms with Crippen LogP contribution in [0, 0.1) is 0 Å². The van der Waals surface area contributed by atoms with Gasteiger partial charge in [-0.15, -0.1) is 5.10 Å². The van der Waals surface area contributed by atoms with Gasteiger partial charge in [-0.2, -0.15) is 0 Å². The van der Waals surface area contributed by atoms with Crippen molar-refractivity contribution in [3.8, 4) is 17.3 Å². The molecule has 0 aliphatic heterocycles. The molecule has 1 amide bonds. The van der Waals surface area contributed by atoms with E-state index in [1.807, 2.05) is 0 Å². The van der Waals surface area contributed by atoms with Crippen LogP contribution in [0.2, 0.25) is 0 Å². The number of hydrogen-bond donors (Lipinski definition) is 1. The highest BCUT2D eigenvalue weighted by atomic mass is 16.5. The van der Waals surface area contributed by atoms with Crippen molar-refractivity contribution in [3.63, 3.8) is 0 Å². The SMILES string of the molecule is COc1cccc2cc(C(=O)NCCn3nc(-c4ccccn4)n(C)c3=O)c(=O)oc12. The van der Waals surface area contributed by atoms with E-state index in [0.717, 1.165) is 0 Å². The monoisotopic (exact) mass is 421 g/mol. The van der Waals surface area contributed by atoms with Gasteiger partial charge in [0, 0.05) is 25.2 Å². The van der Waals surface area contributed by atoms with E-state index in [1.165, 1.54) is 22.4 Å². The smallest absolute Gasteiger partial charge is 0.349 e. The van der Waals surface area contributed by atoms with Gasteiger partial charge >= 0.3 is 11.3 Å². The van der Waals surface area contributed by atoms with Gasteiger partial charge in [0.25, 0.3) is 5.91 Å². The first-order valence-electron chi connectivity index (χ1n) is 9.44. The number of amides is 1. The number of methoxy groups -OCH3 is 1. The number of benzene rings is 1. The third kappa shape index (κ3) is 3.82. The first-order valence-corrected chi connectivity index (χ1v) is 9.44. The van der Waals surface area contributed by atoms with E-state index in [4.69, 9.17) is 9.15 Å². The lowest BCUT2D eigenvalue weighted by Gasteiger charge is -2.07. The van der Waals surface area contributed by atoms with Crippen molar-refractivity contribution in [3.05, 3.63) is 75.1 Å². The lowest BCUT2D eigenvalue weighted by atomic mass is 10.1. The number of para-hydroxylation sites is 1. The number of hydrogen-bond acceptors (Lipinski definition) is 7. The molecule has 3 aromatic heterocycles. The molecule has 0 aliphatic rings. The molecule has 0 saturated heterocycles. The van der Waals surface area contributed by atoms with Crippen LogP contribution in [0.3, 0.4) is 0 Å². The molecule has 4 rings (SSSR count). The Bertz CT molecular complexity index is 1370. The fourth-order valence-corrected chi connectivity index (χ4v) is 3.16. The summed E-state index contributed by atoms with van der Waals surface area (Å²) in [6.07, 6.45) is 1.61. The second-order valence-electron chi connectivity index (χ2n) is 6.69. The Balaban J connectivity index is 1.50. The normalized spacial score (nSPS) is 10.9. The number of nitrogens with zero attached hydrogens (tertiary/aromatic N) is 4. The van der Waals surface area contributed by atoms with E-state index in [9.17, 15) is 14.4 Å². The van der Waals surface area contributed by atoms with Gasteiger partial charge in [-0.1, -0.05) is 18.2 Å². The molecule has 0 saturated carbocycles. The maximum absolute atomic E-state index is 12.5. The zero-order valence-corrected chi connectivity index (χ0v) is 16.9. The van der Waals surface area contributed by atoms with Gasteiger partial charge in [0.15, 0.2) is 17.2 Å². The minimum atomic E-state index is -0.776. The van der Waals surface area contributed by atoms with Gasteiger partial charge in [-0.3, -0.25) is 14.3 Å². The Morgan fingerprint density at radius 3 is 2.77 bits per heavy atom. The molecule has 31 heavy (non-hydrogen) atoms. The molecule has 0 unspecified atom stereocenters. The summed E-state index contributed by atoms with van der Waals surface area (Å²) in [5.74, 6) is 0.216. The van der Waals surface area contributed by atoms with E-state index in [1.54, 1.807) is 49.6 Å². The van der Waals surface area contributed by atoms with Crippen LogP contribution in [0.15, 0.2) is 62.7 Å². The predicted octanol–water partition coefficient (Wildman–Crippen LogP) is 1.19. The zero-order chi connectivity index (χ0) is 22.0. The van der Waals surface area contributed by atoms with Crippen molar-refractivity contribution in [2.24, 2.45) is 7.05 Å². The molecule has 0 fully saturated rings. The van der Waals surface area contributed by atoms with E-state index in [2.05, 4.69) is 15.4 Å². The summed E-state index contributed by atoms with van der Waals surface area (Å²) in [4.78, 5) is 41.4. The summed E-state index contributed by atoms with van der Waals surface area (Å²) >= 11 is 0. The highest BCUT2D eigenvalue weighted by Gasteiger charge is 2.16. The molecule has 0 spiro atoms. The minimum absolute atomic E-state index is 0.0903. The Morgan fingerprint density at radius 1 is 1.19 bits per heavy atom. The summed E-state index contributed by atoms with van der Waals surface area (Å²) in [7, 11) is 3.07. The summed E-state index contributed by atoms with van der Waals surface area (Å²) < 4.78 is 13.1. The summed E-state index contributed by atoms with van der Waals surface area (Å²) in [6, 6.07) is 11.9. The number of rotatable bonds is 6. The molecular formula is C21H19N5O5. The lowest BCUT2D eigenvalue weighted by Crippen LogP contribution is -2.33. The quantitative estimate of drug-likeness (QED) is 0.464. The average molecular weight is 421 g/mol. The van der Waals surface area contributed by atoms with Gasteiger partial charge < -0.3 is 14.5 Å². The van der Waals surface area contributed by atoms with Crippen LogP contribution in [0.1, 0.15) is 10.4 Å². The summed E-state index contributed by atoms with van der Waals surface area (Å²) in [5, 5.41) is 7.47. The number of nitrogens with one attached hydrogen (secondary N) is 1. The molecular weight excluding hydrogens is 402 g/mol. The van der Waals surface area contributed by atoms with Crippen LogP contribution in [0.5, 0.6) is 5.75 Å². The first kappa shape index (κ1) is 20.1. The van der Waals surface area contributed by atoms with Crippen LogP contribution in [-0.4, -0.2) is 38.9 Å². The highest BCUT2D eigenvalue weighted by molar-refractivity contribution is 5.97. The molecule has 4 aromatic rings. The standard InChI is InChI=1S/C21H19N5O5/c1-25-18(15-7-3-4-9-22-15)24-26(21(25)29)11-10-23-19(27)14-12-13-6-5-8-16(30-2)17(13)31-20(14)28/h3-9,12H,10-11H2,1-2H3,(H,23,27). The number of ether oxygens (including phenoxy) is 1. The molecule has 1 N–H and O–H groups in total. The predicted molar refractivity (Wildman–Crippen MR) is 112 cm³/mol. The molecule has 3 heterocycles. The Labute approximate surface area is 175 Å². The molecule has 10 heteroatoms. The van der Waals surface area contributed by atoms with Crippen molar-refractivity contribution >= 4 is 16.9 Å². The minimum Gasteiger partial charge on any atom is -0.493 e. The van der Waals surface area contributed by atoms with E-state index in [0.29, 0.717) is 22.7 Å². The van der Waals surface area contributed by atoms with Crippen LogP contribution >= 0.6 is 0 Å². The molecule has 158 valence electrons. The van der Waals surface area contributed by atoms with Gasteiger partial charge in [0.1, 0.15) is 11.3 Å². The second kappa shape index (κ2) is 8.27. The van der Waals surface area contributed by atoms with Crippen LogP contribution in [-0.2, 0) is 13.6 Å². The van der Waals surface area contributed by atoms with Crippen molar-refractivity contribution in [2.45, 2.75) is 6.54 Å². The van der Waals surface area contributed by atoms with E-state index >= 15 is 0 Å². The number of pyridine rings is 1. The number of carbonyl (C=O) groups excluding carboxylic acids is 1. The topological polar surface area (TPSA) is 121 Å². The summed E-state index contributed by atoms with van der Waals surface area (Å²) in [6.45, 7) is 0.213. The molecule has 10 nitrogen and oxygen atoms in total. The average Bonchev–Trinajstić information content (AvgIpc) is 3.07. The van der Waals surface area contributed by atoms with Gasteiger partial charge in [0.05, 0.1) is 13.7 Å². The summed E-state index contributed by atoms with van der Waals surface area (Å²) in [5.41, 5.74) is -0.417. The largest absolute Gasteiger partial charge is 0.493 e. The maximum atomic E-state index is 12.5. The fourth-order valence-electron chi connectivity index (χ4n) is 3.16. The van der Waals surface area contributed by atoms with Gasteiger partial charge in [-0.05, 0) is 24.3 Å². The van der Waals surface area contributed by atoms with Crippen LogP contribution in [0.25, 0.3) is 22.5 Å². The number of carbonyl (C=O) groups is 1. The van der Waals surface area contributed by atoms with E-state index in [-0.39, 0.29) is 29.9 Å². The van der Waals surface area contributed by atoms with Crippen molar-refractivity contribution in [1.82, 2.24) is 24.6 Å². The molecule has 0 atom stereocenters. The van der Waals surface area contributed by atoms with Crippen molar-refractivity contribution in [2.75, 3.05) is 13.7 Å². The highest BCUT2D eigenvalue weighted by Crippen LogP contribution is 2.24. The maximum Gasteiger partial charge on any atom is 0.349 e. The molecule has 0 bridgehead atoms. The van der Waals surface area contributed by atoms with Gasteiger partial charge in [-0.25, -0.2) is 14.3 Å². The number of fused-ring (bicyclic) bond motifs is 1. The molecule has 0 radical (unpaired) electrons. The van der Waals surface area contributed by atoms with Gasteiger partial charge in [0.2, 0.25) is 0 Å². The Kier molecular flexibility index (Phi) is 5.35. The van der Waals surface area contributed by atoms with Crippen molar-refractivity contribution in [1.29, 1.82) is 0 Å². The third-order valence-corrected chi connectivity index (χ3v) is 4.73. The first-order chi connectivity index (χ1) is 15.0.